The molecule has 2 N–H and O–H groups in total. The van der Waals surface area contributed by atoms with Crippen LogP contribution >= 0.6 is 0 Å². The van der Waals surface area contributed by atoms with Gasteiger partial charge in [-0.15, -0.1) is 0 Å². The van der Waals surface area contributed by atoms with Gasteiger partial charge in [0.1, 0.15) is 5.82 Å². The van der Waals surface area contributed by atoms with Crippen LogP contribution in [0.3, 0.4) is 0 Å². The van der Waals surface area contributed by atoms with Gasteiger partial charge < -0.3 is 15.3 Å². The van der Waals surface area contributed by atoms with Crippen LogP contribution in [0.5, 0.6) is 0 Å². The molecular weight excluding hydrogens is 373 g/mol. The SMILES string of the molecule is Cc1cccc(F)c1-c1cc(-n2ccc(N3CCC(O)C3)n2)c2c(n1)CNC2=O. The zero-order valence-corrected chi connectivity index (χ0v) is 15.9. The van der Waals surface area contributed by atoms with Crippen LogP contribution in [0.15, 0.2) is 36.5 Å². The summed E-state index contributed by atoms with van der Waals surface area (Å²) in [5, 5.41) is 17.2. The number of halogens is 1. The van der Waals surface area contributed by atoms with Crippen molar-refractivity contribution in [3.05, 3.63) is 59.2 Å². The molecule has 2 aliphatic heterocycles. The van der Waals surface area contributed by atoms with Gasteiger partial charge in [0.25, 0.3) is 5.91 Å². The molecule has 5 rings (SSSR count). The number of nitrogens with one attached hydrogen (secondary N) is 1. The number of anilines is 1. The Morgan fingerprint density at radius 2 is 2.14 bits per heavy atom. The van der Waals surface area contributed by atoms with Gasteiger partial charge in [-0.2, -0.15) is 5.10 Å². The van der Waals surface area contributed by atoms with E-state index >= 15 is 0 Å². The molecule has 0 radical (unpaired) electrons. The van der Waals surface area contributed by atoms with Crippen LogP contribution in [-0.2, 0) is 6.54 Å². The van der Waals surface area contributed by atoms with Gasteiger partial charge in [-0.25, -0.2) is 14.1 Å². The van der Waals surface area contributed by atoms with Crippen molar-refractivity contribution in [2.45, 2.75) is 26.0 Å². The van der Waals surface area contributed by atoms with Crippen molar-refractivity contribution < 1.29 is 14.3 Å². The molecule has 1 unspecified atom stereocenters. The van der Waals surface area contributed by atoms with Gasteiger partial charge in [-0.3, -0.25) is 4.79 Å². The lowest BCUT2D eigenvalue weighted by Crippen LogP contribution is -2.21. The topological polar surface area (TPSA) is 83.3 Å². The minimum absolute atomic E-state index is 0.215. The minimum Gasteiger partial charge on any atom is -0.391 e. The van der Waals surface area contributed by atoms with Gasteiger partial charge in [-0.05, 0) is 31.0 Å². The second-order valence-corrected chi connectivity index (χ2v) is 7.47. The maximum absolute atomic E-state index is 14.6. The Hall–Kier alpha value is -3.26. The van der Waals surface area contributed by atoms with Gasteiger partial charge in [-0.1, -0.05) is 12.1 Å². The number of nitrogens with zero attached hydrogens (tertiary/aromatic N) is 4. The van der Waals surface area contributed by atoms with E-state index in [1.807, 2.05) is 24.0 Å². The Bertz CT molecular complexity index is 1110. The van der Waals surface area contributed by atoms with E-state index in [2.05, 4.69) is 15.4 Å². The Morgan fingerprint density at radius 1 is 1.28 bits per heavy atom. The summed E-state index contributed by atoms with van der Waals surface area (Å²) in [6.45, 7) is 3.40. The van der Waals surface area contributed by atoms with Crippen LogP contribution in [0.4, 0.5) is 10.2 Å². The minimum atomic E-state index is -0.355. The number of hydrogen-bond donors (Lipinski definition) is 2. The third kappa shape index (κ3) is 2.96. The number of β-amino-alcohol motifs (C(OH)–C–C–N with tert-alkyl or cyclic N) is 1. The molecule has 0 saturated carbocycles. The van der Waals surface area contributed by atoms with Crippen molar-refractivity contribution >= 4 is 11.7 Å². The first kappa shape index (κ1) is 17.8. The highest BCUT2D eigenvalue weighted by atomic mass is 19.1. The number of pyridine rings is 1. The molecule has 1 saturated heterocycles. The monoisotopic (exact) mass is 393 g/mol. The molecular formula is C21H20FN5O2. The number of aromatic nitrogens is 3. The third-order valence-corrected chi connectivity index (χ3v) is 5.50. The molecule has 3 aromatic rings. The highest BCUT2D eigenvalue weighted by Gasteiger charge is 2.28. The summed E-state index contributed by atoms with van der Waals surface area (Å²) in [5.74, 6) is 0.162. The van der Waals surface area contributed by atoms with Crippen LogP contribution in [-0.4, -0.2) is 45.0 Å². The molecule has 0 aliphatic carbocycles. The number of carbonyl (C=O) groups is 1. The number of aliphatic hydroxyl groups excluding tert-OH is 1. The highest BCUT2D eigenvalue weighted by Crippen LogP contribution is 2.31. The van der Waals surface area contributed by atoms with Crippen LogP contribution in [0.1, 0.15) is 28.0 Å². The predicted molar refractivity (Wildman–Crippen MR) is 105 cm³/mol. The summed E-state index contributed by atoms with van der Waals surface area (Å²) in [5.41, 5.74) is 3.27. The molecule has 8 heteroatoms. The molecule has 2 aliphatic rings. The lowest BCUT2D eigenvalue weighted by molar-refractivity contribution is 0.0965. The molecule has 7 nitrogen and oxygen atoms in total. The van der Waals surface area contributed by atoms with E-state index in [0.29, 0.717) is 47.7 Å². The summed E-state index contributed by atoms with van der Waals surface area (Å²) in [4.78, 5) is 19.0. The Labute approximate surface area is 166 Å². The van der Waals surface area contributed by atoms with Gasteiger partial charge in [0.15, 0.2) is 5.82 Å². The quantitative estimate of drug-likeness (QED) is 0.713. The van der Waals surface area contributed by atoms with Crippen LogP contribution in [0.25, 0.3) is 16.9 Å². The van der Waals surface area contributed by atoms with Crippen molar-refractivity contribution in [2.24, 2.45) is 0 Å². The van der Waals surface area contributed by atoms with Gasteiger partial charge >= 0.3 is 0 Å². The first-order valence-electron chi connectivity index (χ1n) is 9.58. The fourth-order valence-corrected chi connectivity index (χ4v) is 4.04. The summed E-state index contributed by atoms with van der Waals surface area (Å²) in [6.07, 6.45) is 2.13. The predicted octanol–water partition coefficient (Wildman–Crippen LogP) is 2.20. The number of aryl methyl sites for hydroxylation is 1. The summed E-state index contributed by atoms with van der Waals surface area (Å²) in [6, 6.07) is 8.47. The molecule has 148 valence electrons. The zero-order chi connectivity index (χ0) is 20.1. The average molecular weight is 393 g/mol. The Kier molecular flexibility index (Phi) is 4.09. The van der Waals surface area contributed by atoms with Gasteiger partial charge in [0.2, 0.25) is 0 Å². The fraction of sp³-hybridized carbons (Fsp3) is 0.286. The van der Waals surface area contributed by atoms with Crippen LogP contribution in [0.2, 0.25) is 0 Å². The van der Waals surface area contributed by atoms with Crippen LogP contribution < -0.4 is 10.2 Å². The van der Waals surface area contributed by atoms with E-state index in [4.69, 9.17) is 0 Å². The number of aliphatic hydroxyl groups is 1. The molecule has 4 heterocycles. The maximum atomic E-state index is 14.6. The van der Waals surface area contributed by atoms with E-state index in [1.54, 1.807) is 23.0 Å². The van der Waals surface area contributed by atoms with Gasteiger partial charge in [0.05, 0.1) is 35.3 Å². The lowest BCUT2D eigenvalue weighted by Gasteiger charge is -2.14. The highest BCUT2D eigenvalue weighted by molar-refractivity contribution is 6.01. The smallest absolute Gasteiger partial charge is 0.255 e. The number of carbonyl (C=O) groups excluding carboxylic acids is 1. The third-order valence-electron chi connectivity index (χ3n) is 5.50. The van der Waals surface area contributed by atoms with E-state index in [9.17, 15) is 14.3 Å². The standard InChI is InChI=1S/C21H20FN5O2/c1-12-3-2-4-14(22)19(12)15-9-17(20-16(24-15)10-23-21(20)29)27-8-6-18(25-27)26-7-5-13(28)11-26/h2-4,6,8-9,13,28H,5,7,10-11H2,1H3,(H,23,29). The largest absolute Gasteiger partial charge is 0.391 e. The molecule has 1 fully saturated rings. The van der Waals surface area contributed by atoms with Crippen LogP contribution in [0, 0.1) is 12.7 Å². The van der Waals surface area contributed by atoms with E-state index in [-0.39, 0.29) is 17.8 Å². The summed E-state index contributed by atoms with van der Waals surface area (Å²) < 4.78 is 16.2. The van der Waals surface area contributed by atoms with Crippen molar-refractivity contribution in [3.63, 3.8) is 0 Å². The molecule has 0 bridgehead atoms. The second kappa shape index (κ2) is 6.66. The van der Waals surface area contributed by atoms with Gasteiger partial charge in [0, 0.05) is 30.9 Å². The van der Waals surface area contributed by atoms with Crippen molar-refractivity contribution in [2.75, 3.05) is 18.0 Å². The molecule has 0 spiro atoms. The average Bonchev–Trinajstić information content (AvgIpc) is 3.41. The number of amides is 1. The van der Waals surface area contributed by atoms with E-state index in [0.717, 1.165) is 17.9 Å². The summed E-state index contributed by atoms with van der Waals surface area (Å²) >= 11 is 0. The first-order valence-corrected chi connectivity index (χ1v) is 9.58. The van der Waals surface area contributed by atoms with Crippen molar-refractivity contribution in [3.8, 4) is 16.9 Å². The summed E-state index contributed by atoms with van der Waals surface area (Å²) in [7, 11) is 0. The molecule has 29 heavy (non-hydrogen) atoms. The molecule has 1 amide bonds. The second-order valence-electron chi connectivity index (χ2n) is 7.47. The van der Waals surface area contributed by atoms with E-state index < -0.39 is 0 Å². The zero-order valence-electron chi connectivity index (χ0n) is 15.9. The first-order chi connectivity index (χ1) is 14.0. The number of rotatable bonds is 3. The fourth-order valence-electron chi connectivity index (χ4n) is 4.04. The van der Waals surface area contributed by atoms with Crippen molar-refractivity contribution in [1.29, 1.82) is 0 Å². The Balaban J connectivity index is 1.64. The molecule has 2 aromatic heterocycles. The van der Waals surface area contributed by atoms with Crippen molar-refractivity contribution in [1.82, 2.24) is 20.1 Å². The number of hydrogen-bond acceptors (Lipinski definition) is 5. The maximum Gasteiger partial charge on any atom is 0.255 e. The molecule has 1 atom stereocenters. The lowest BCUT2D eigenvalue weighted by atomic mass is 10.0. The molecule has 1 aromatic carbocycles. The number of fused-ring (bicyclic) bond motifs is 1. The normalized spacial score (nSPS) is 18.2. The number of benzene rings is 1. The van der Waals surface area contributed by atoms with E-state index in [1.165, 1.54) is 6.07 Å². The Morgan fingerprint density at radius 3 is 2.90 bits per heavy atom.